The third-order valence-electron chi connectivity index (χ3n) is 4.51. The molecule has 0 aromatic heterocycles. The summed E-state index contributed by atoms with van der Waals surface area (Å²) in [6.45, 7) is 0. The fourth-order valence-corrected chi connectivity index (χ4v) is 3.24. The van der Waals surface area contributed by atoms with Gasteiger partial charge in [-0.2, -0.15) is 0 Å². The van der Waals surface area contributed by atoms with E-state index in [9.17, 15) is 29.9 Å². The Balaban J connectivity index is 1.92. The van der Waals surface area contributed by atoms with Crippen LogP contribution in [0.3, 0.4) is 0 Å². The number of rotatable bonds is 3. The van der Waals surface area contributed by atoms with Gasteiger partial charge in [0.1, 0.15) is 17.0 Å². The zero-order chi connectivity index (χ0) is 20.0. The number of para-hydroxylation sites is 1. The highest BCUT2D eigenvalue weighted by molar-refractivity contribution is 6.31. The first-order valence-electron chi connectivity index (χ1n) is 8.18. The van der Waals surface area contributed by atoms with Gasteiger partial charge in [0.2, 0.25) is 5.78 Å². The summed E-state index contributed by atoms with van der Waals surface area (Å²) in [4.78, 5) is 36.3. The van der Waals surface area contributed by atoms with E-state index in [0.29, 0.717) is 5.69 Å². The van der Waals surface area contributed by atoms with E-state index < -0.39 is 33.7 Å². The Morgan fingerprint density at radius 1 is 0.857 bits per heavy atom. The Bertz CT molecular complexity index is 1170. The molecule has 0 fully saturated rings. The van der Waals surface area contributed by atoms with E-state index >= 15 is 0 Å². The number of benzene rings is 3. The van der Waals surface area contributed by atoms with Gasteiger partial charge >= 0.3 is 0 Å². The lowest BCUT2D eigenvalue weighted by Crippen LogP contribution is -2.22. The average Bonchev–Trinajstić information content (AvgIpc) is 2.69. The Morgan fingerprint density at radius 3 is 2.21 bits per heavy atom. The van der Waals surface area contributed by atoms with E-state index in [4.69, 9.17) is 0 Å². The van der Waals surface area contributed by atoms with Crippen molar-refractivity contribution >= 4 is 28.6 Å². The second-order valence-corrected chi connectivity index (χ2v) is 6.15. The molecule has 0 amide bonds. The number of nitrogens with one attached hydrogen (secondary N) is 1. The maximum atomic E-state index is 12.9. The molecule has 8 nitrogen and oxygen atoms in total. The lowest BCUT2D eigenvalue weighted by atomic mass is 9.82. The largest absolute Gasteiger partial charge is 0.506 e. The number of nitrogens with zero attached hydrogens (tertiary/aromatic N) is 1. The van der Waals surface area contributed by atoms with Gasteiger partial charge in [-0.05, 0) is 24.3 Å². The SMILES string of the molecule is O=C1c2cc(O)c(Nc3ccccc3)c(O)c2C(=O)c2cccc([N+](=O)[O-])c21. The van der Waals surface area contributed by atoms with E-state index in [0.717, 1.165) is 12.1 Å². The number of phenols is 2. The highest BCUT2D eigenvalue weighted by Gasteiger charge is 2.38. The number of nitro groups is 1. The van der Waals surface area contributed by atoms with Crippen LogP contribution in [0.15, 0.2) is 54.6 Å². The number of carbonyl (C=O) groups excluding carboxylic acids is 2. The van der Waals surface area contributed by atoms with Crippen LogP contribution in [0.25, 0.3) is 0 Å². The molecular weight excluding hydrogens is 364 g/mol. The summed E-state index contributed by atoms with van der Waals surface area (Å²) in [5.41, 5.74) is -1.23. The molecule has 0 saturated carbocycles. The fourth-order valence-electron chi connectivity index (χ4n) is 3.24. The van der Waals surface area contributed by atoms with Gasteiger partial charge in [-0.25, -0.2) is 0 Å². The summed E-state index contributed by atoms with van der Waals surface area (Å²) >= 11 is 0. The van der Waals surface area contributed by atoms with Crippen molar-refractivity contribution in [1.82, 2.24) is 0 Å². The van der Waals surface area contributed by atoms with Crippen molar-refractivity contribution in [2.75, 3.05) is 5.32 Å². The number of aromatic hydroxyl groups is 2. The molecular formula is C20H12N2O6. The first-order chi connectivity index (χ1) is 13.4. The number of carbonyl (C=O) groups is 2. The molecule has 0 bridgehead atoms. The highest BCUT2D eigenvalue weighted by Crippen LogP contribution is 2.45. The van der Waals surface area contributed by atoms with Crippen LogP contribution in [0.4, 0.5) is 17.1 Å². The fraction of sp³-hybridized carbons (Fsp3) is 0. The van der Waals surface area contributed by atoms with E-state index in [1.54, 1.807) is 30.3 Å². The molecule has 0 atom stereocenters. The molecule has 138 valence electrons. The number of fused-ring (bicyclic) bond motifs is 2. The van der Waals surface area contributed by atoms with Crippen LogP contribution < -0.4 is 5.32 Å². The minimum atomic E-state index is -0.811. The smallest absolute Gasteiger partial charge is 0.281 e. The summed E-state index contributed by atoms with van der Waals surface area (Å²) in [6.07, 6.45) is 0. The Labute approximate surface area is 157 Å². The number of hydrogen-bond acceptors (Lipinski definition) is 7. The molecule has 3 aromatic carbocycles. The minimum Gasteiger partial charge on any atom is -0.506 e. The standard InChI is InChI=1S/C20H12N2O6/c23-14-9-12-16(20(26)17(14)21-10-5-2-1-3-6-10)18(24)11-7-4-8-13(22(27)28)15(11)19(12)25/h1-9,21,23,26H. The molecule has 1 aliphatic carbocycles. The molecule has 0 saturated heterocycles. The van der Waals surface area contributed by atoms with Crippen molar-refractivity contribution in [3.8, 4) is 11.5 Å². The van der Waals surface area contributed by atoms with E-state index in [1.807, 2.05) is 0 Å². The summed E-state index contributed by atoms with van der Waals surface area (Å²) in [6, 6.07) is 13.4. The summed E-state index contributed by atoms with van der Waals surface area (Å²) < 4.78 is 0. The lowest BCUT2D eigenvalue weighted by Gasteiger charge is -2.21. The molecule has 8 heteroatoms. The van der Waals surface area contributed by atoms with Gasteiger partial charge in [0.25, 0.3) is 5.69 Å². The van der Waals surface area contributed by atoms with Crippen molar-refractivity contribution in [3.63, 3.8) is 0 Å². The first kappa shape index (κ1) is 17.2. The molecule has 0 spiro atoms. The van der Waals surface area contributed by atoms with Crippen LogP contribution >= 0.6 is 0 Å². The van der Waals surface area contributed by atoms with Crippen LogP contribution in [0.1, 0.15) is 31.8 Å². The number of phenolic OH excluding ortho intramolecular Hbond substituents is 2. The summed E-state index contributed by atoms with van der Waals surface area (Å²) in [5.74, 6) is -2.62. The number of ketones is 2. The number of nitro benzene ring substituents is 1. The van der Waals surface area contributed by atoms with Gasteiger partial charge in [0.15, 0.2) is 11.5 Å². The molecule has 4 rings (SSSR count). The van der Waals surface area contributed by atoms with Crippen molar-refractivity contribution in [3.05, 3.63) is 87.0 Å². The minimum absolute atomic E-state index is 0.139. The zero-order valence-corrected chi connectivity index (χ0v) is 14.2. The summed E-state index contributed by atoms with van der Waals surface area (Å²) in [5, 5.41) is 35.0. The highest BCUT2D eigenvalue weighted by atomic mass is 16.6. The van der Waals surface area contributed by atoms with Crippen molar-refractivity contribution in [1.29, 1.82) is 0 Å². The van der Waals surface area contributed by atoms with E-state index in [2.05, 4.69) is 5.32 Å². The van der Waals surface area contributed by atoms with Gasteiger partial charge < -0.3 is 15.5 Å². The van der Waals surface area contributed by atoms with Crippen molar-refractivity contribution in [2.24, 2.45) is 0 Å². The topological polar surface area (TPSA) is 130 Å². The van der Waals surface area contributed by atoms with Crippen molar-refractivity contribution in [2.45, 2.75) is 0 Å². The maximum Gasteiger partial charge on any atom is 0.281 e. The van der Waals surface area contributed by atoms with Gasteiger partial charge in [-0.1, -0.05) is 24.3 Å². The van der Waals surface area contributed by atoms with Crippen LogP contribution in [0.2, 0.25) is 0 Å². The molecule has 0 radical (unpaired) electrons. The molecule has 0 aliphatic heterocycles. The Kier molecular flexibility index (Phi) is 3.82. The second-order valence-electron chi connectivity index (χ2n) is 6.15. The normalized spacial score (nSPS) is 12.3. The quantitative estimate of drug-likeness (QED) is 0.283. The monoisotopic (exact) mass is 376 g/mol. The van der Waals surface area contributed by atoms with Crippen LogP contribution in [-0.2, 0) is 0 Å². The second kappa shape index (κ2) is 6.20. The molecule has 1 aliphatic rings. The predicted octanol–water partition coefficient (Wildman–Crippen LogP) is 3.53. The molecule has 3 N–H and O–H groups in total. The number of hydrogen-bond donors (Lipinski definition) is 3. The van der Waals surface area contributed by atoms with Crippen LogP contribution in [-0.4, -0.2) is 26.7 Å². The molecule has 0 unspecified atom stereocenters. The molecule has 3 aromatic rings. The van der Waals surface area contributed by atoms with Gasteiger partial charge in [0.05, 0.1) is 10.5 Å². The van der Waals surface area contributed by atoms with E-state index in [1.165, 1.54) is 12.1 Å². The van der Waals surface area contributed by atoms with Crippen LogP contribution in [0, 0.1) is 10.1 Å². The van der Waals surface area contributed by atoms with Gasteiger partial charge in [-0.3, -0.25) is 19.7 Å². The third kappa shape index (κ3) is 2.47. The third-order valence-corrected chi connectivity index (χ3v) is 4.51. The van der Waals surface area contributed by atoms with Gasteiger partial charge in [-0.15, -0.1) is 0 Å². The predicted molar refractivity (Wildman–Crippen MR) is 99.5 cm³/mol. The molecule has 0 heterocycles. The van der Waals surface area contributed by atoms with Crippen LogP contribution in [0.5, 0.6) is 11.5 Å². The first-order valence-corrected chi connectivity index (χ1v) is 8.18. The Morgan fingerprint density at radius 2 is 1.54 bits per heavy atom. The van der Waals surface area contributed by atoms with E-state index in [-0.39, 0.29) is 27.9 Å². The lowest BCUT2D eigenvalue weighted by molar-refractivity contribution is -0.385. The van der Waals surface area contributed by atoms with Gasteiger partial charge in [0, 0.05) is 22.9 Å². The van der Waals surface area contributed by atoms with Crippen molar-refractivity contribution < 1.29 is 24.7 Å². The zero-order valence-electron chi connectivity index (χ0n) is 14.2. The maximum absolute atomic E-state index is 12.9. The average molecular weight is 376 g/mol. The summed E-state index contributed by atoms with van der Waals surface area (Å²) in [7, 11) is 0. The molecule has 28 heavy (non-hydrogen) atoms. The number of anilines is 2. The Hall–Kier alpha value is -4.20.